The molecule has 1 rings (SSSR count). The first-order valence-corrected chi connectivity index (χ1v) is 21.8. The molecule has 0 aromatic heterocycles. The van der Waals surface area contributed by atoms with Crippen molar-refractivity contribution in [2.45, 2.75) is 148 Å². The Kier molecular flexibility index (Phi) is 31.7. The third-order valence-corrected chi connectivity index (χ3v) is 8.68. The van der Waals surface area contributed by atoms with Crippen LogP contribution in [-0.2, 0) is 32.9 Å². The van der Waals surface area contributed by atoms with Crippen molar-refractivity contribution in [3.8, 4) is 0 Å². The maximum Gasteiger partial charge on any atom is 0.469 e. The summed E-state index contributed by atoms with van der Waals surface area (Å²) in [7, 11) is -4.80. The van der Waals surface area contributed by atoms with Crippen LogP contribution < -0.4 is 0 Å². The Hall–Kier alpha value is -3.33. The van der Waals surface area contributed by atoms with Crippen LogP contribution in [0, 0.1) is 0 Å². The van der Waals surface area contributed by atoms with Gasteiger partial charge in [-0.25, -0.2) is 4.57 Å². The summed E-state index contributed by atoms with van der Waals surface area (Å²) in [4.78, 5) is 42.8. The lowest BCUT2D eigenvalue weighted by Gasteiger charge is -2.18. The minimum absolute atomic E-state index is 0.105. The van der Waals surface area contributed by atoms with Crippen LogP contribution in [0.15, 0.2) is 109 Å². The van der Waals surface area contributed by atoms with Crippen LogP contribution in [0.25, 0.3) is 0 Å². The molecule has 1 saturated heterocycles. The van der Waals surface area contributed by atoms with Crippen LogP contribution in [0.5, 0.6) is 0 Å². The summed E-state index contributed by atoms with van der Waals surface area (Å²) in [5, 5.41) is 0. The van der Waals surface area contributed by atoms with Crippen molar-refractivity contribution in [3.05, 3.63) is 109 Å². The van der Waals surface area contributed by atoms with Gasteiger partial charge < -0.3 is 24.0 Å². The van der Waals surface area contributed by atoms with E-state index in [4.69, 9.17) is 24.0 Å². The average Bonchev–Trinajstić information content (AvgIpc) is 3.91. The standard InChI is InChI=1S/C45H69O9P/c1-3-5-7-9-11-13-14-15-16-17-18-19-20-21-22-24-26-28-33-37-44(46)51-39-41(40-52-55(48,49)50)53-45(47)38-34-30-29-32-36-43-42(54-43)35-31-27-25-23-12-10-8-6-4-2/h5,7,11-13,15-16,18-19,21-23,26-29,31-32,41-43H,3-4,6,8-10,14,17,20,24-25,30,33-40H2,1-2H3,(H2,48,49,50)/b7-5-,13-11-,16-15-,19-18-,22-21-,23-12-,28-26-,31-27-,32-29-/t41-,42?,43?/m1/s1. The van der Waals surface area contributed by atoms with E-state index in [9.17, 15) is 14.2 Å². The monoisotopic (exact) mass is 784 g/mol. The second kappa shape index (κ2) is 35.1. The number of epoxide rings is 1. The van der Waals surface area contributed by atoms with E-state index < -0.39 is 32.5 Å². The smallest absolute Gasteiger partial charge is 0.462 e. The molecule has 308 valence electrons. The van der Waals surface area contributed by atoms with Gasteiger partial charge in [-0.05, 0) is 89.9 Å². The van der Waals surface area contributed by atoms with Gasteiger partial charge in [-0.1, -0.05) is 136 Å². The molecule has 1 heterocycles. The summed E-state index contributed by atoms with van der Waals surface area (Å²) in [6.07, 6.45) is 52.8. The molecule has 1 aliphatic heterocycles. The van der Waals surface area contributed by atoms with Gasteiger partial charge in [0.1, 0.15) is 6.61 Å². The molecular weight excluding hydrogens is 715 g/mol. The van der Waals surface area contributed by atoms with Gasteiger partial charge in [0.15, 0.2) is 6.10 Å². The topological polar surface area (TPSA) is 132 Å². The number of allylic oxidation sites excluding steroid dienone is 16. The molecule has 0 aromatic rings. The molecule has 0 aromatic carbocycles. The number of phosphoric acid groups is 1. The minimum atomic E-state index is -4.80. The number of unbranched alkanes of at least 4 members (excludes halogenated alkanes) is 4. The van der Waals surface area contributed by atoms with E-state index >= 15 is 0 Å². The summed E-state index contributed by atoms with van der Waals surface area (Å²) in [5.41, 5.74) is 0. The molecule has 0 radical (unpaired) electrons. The molecule has 55 heavy (non-hydrogen) atoms. The SMILES string of the molecule is CC/C=C\C/C=C\C/C=C\C/C=C\C/C=C\C/C=C\CCC(=O)OC[C@H](COP(=O)(O)O)OC(=O)CCC/C=C\CC1OC1C/C=C\C/C=C\CCCCC. The first-order valence-electron chi connectivity index (χ1n) is 20.3. The van der Waals surface area contributed by atoms with Gasteiger partial charge >= 0.3 is 19.8 Å². The van der Waals surface area contributed by atoms with Crippen molar-refractivity contribution in [1.82, 2.24) is 0 Å². The molecule has 1 aliphatic rings. The number of hydrogen-bond donors (Lipinski definition) is 2. The van der Waals surface area contributed by atoms with Gasteiger partial charge in [0.2, 0.25) is 0 Å². The van der Waals surface area contributed by atoms with Crippen molar-refractivity contribution in [2.24, 2.45) is 0 Å². The summed E-state index contributed by atoms with van der Waals surface area (Å²) >= 11 is 0. The molecule has 0 bridgehead atoms. The minimum Gasteiger partial charge on any atom is -0.462 e. The van der Waals surface area contributed by atoms with Gasteiger partial charge in [0.25, 0.3) is 0 Å². The second-order valence-corrected chi connectivity index (χ2v) is 14.5. The number of phosphoric ester groups is 1. The lowest BCUT2D eigenvalue weighted by molar-refractivity contribution is -0.161. The van der Waals surface area contributed by atoms with Crippen molar-refractivity contribution in [3.63, 3.8) is 0 Å². The summed E-state index contributed by atoms with van der Waals surface area (Å²) in [6, 6.07) is 0. The van der Waals surface area contributed by atoms with E-state index in [-0.39, 0.29) is 31.7 Å². The van der Waals surface area contributed by atoms with Gasteiger partial charge in [-0.2, -0.15) is 0 Å². The largest absolute Gasteiger partial charge is 0.469 e. The third-order valence-electron chi connectivity index (χ3n) is 8.19. The van der Waals surface area contributed by atoms with Crippen LogP contribution in [0.1, 0.15) is 129 Å². The highest BCUT2D eigenvalue weighted by atomic mass is 31.2. The highest BCUT2D eigenvalue weighted by Gasteiger charge is 2.36. The predicted octanol–water partition coefficient (Wildman–Crippen LogP) is 11.4. The van der Waals surface area contributed by atoms with Gasteiger partial charge in [0, 0.05) is 12.8 Å². The van der Waals surface area contributed by atoms with E-state index in [1.54, 1.807) is 0 Å². The van der Waals surface area contributed by atoms with Gasteiger partial charge in [0.05, 0.1) is 18.8 Å². The molecule has 3 atom stereocenters. The lowest BCUT2D eigenvalue weighted by atomic mass is 10.1. The molecular formula is C45H69O9P. The first kappa shape index (κ1) is 49.7. The summed E-state index contributed by atoms with van der Waals surface area (Å²) < 4.78 is 32.0. The molecule has 9 nitrogen and oxygen atoms in total. The van der Waals surface area contributed by atoms with Crippen molar-refractivity contribution >= 4 is 19.8 Å². The van der Waals surface area contributed by atoms with Gasteiger partial charge in [-0.15, -0.1) is 0 Å². The van der Waals surface area contributed by atoms with Crippen LogP contribution in [-0.4, -0.2) is 53.3 Å². The highest BCUT2D eigenvalue weighted by molar-refractivity contribution is 7.46. The van der Waals surface area contributed by atoms with Crippen molar-refractivity contribution < 1.29 is 42.7 Å². The Labute approximate surface area is 331 Å². The summed E-state index contributed by atoms with van der Waals surface area (Å²) in [5.74, 6) is -1.07. The van der Waals surface area contributed by atoms with Crippen LogP contribution in [0.3, 0.4) is 0 Å². The zero-order valence-corrected chi connectivity index (χ0v) is 34.4. The van der Waals surface area contributed by atoms with Gasteiger partial charge in [-0.3, -0.25) is 14.1 Å². The van der Waals surface area contributed by atoms with Crippen LogP contribution in [0.4, 0.5) is 0 Å². The highest BCUT2D eigenvalue weighted by Crippen LogP contribution is 2.36. The van der Waals surface area contributed by atoms with Crippen molar-refractivity contribution in [2.75, 3.05) is 13.2 Å². The Bertz CT molecular complexity index is 1320. The van der Waals surface area contributed by atoms with E-state index in [0.717, 1.165) is 64.2 Å². The van der Waals surface area contributed by atoms with E-state index in [2.05, 4.69) is 110 Å². The third kappa shape index (κ3) is 34.9. The Morgan fingerprint density at radius 2 is 1.05 bits per heavy atom. The zero-order valence-electron chi connectivity index (χ0n) is 33.5. The zero-order chi connectivity index (χ0) is 40.1. The maximum atomic E-state index is 12.4. The number of rotatable bonds is 34. The molecule has 10 heteroatoms. The van der Waals surface area contributed by atoms with Crippen molar-refractivity contribution in [1.29, 1.82) is 0 Å². The molecule has 0 amide bonds. The second-order valence-electron chi connectivity index (χ2n) is 13.3. The fraction of sp³-hybridized carbons (Fsp3) is 0.556. The van der Waals surface area contributed by atoms with E-state index in [1.807, 2.05) is 18.2 Å². The molecule has 2 N–H and O–H groups in total. The Morgan fingerprint density at radius 3 is 1.60 bits per heavy atom. The average molecular weight is 785 g/mol. The van der Waals surface area contributed by atoms with E-state index in [1.165, 1.54) is 19.3 Å². The normalized spacial score (nSPS) is 17.3. The summed E-state index contributed by atoms with van der Waals surface area (Å²) in [6.45, 7) is 3.40. The molecule has 1 fully saturated rings. The quantitative estimate of drug-likeness (QED) is 0.0215. The molecule has 0 saturated carbocycles. The lowest BCUT2D eigenvalue weighted by Crippen LogP contribution is -2.29. The number of hydrogen-bond acceptors (Lipinski definition) is 7. The number of carbonyl (C=O) groups is 2. The fourth-order valence-corrected chi connectivity index (χ4v) is 5.44. The maximum absolute atomic E-state index is 12.4. The predicted molar refractivity (Wildman–Crippen MR) is 224 cm³/mol. The Balaban J connectivity index is 2.20. The number of esters is 2. The van der Waals surface area contributed by atoms with E-state index in [0.29, 0.717) is 19.3 Å². The Morgan fingerprint density at radius 1 is 0.582 bits per heavy atom. The van der Waals surface area contributed by atoms with Crippen LogP contribution in [0.2, 0.25) is 0 Å². The van der Waals surface area contributed by atoms with Crippen LogP contribution >= 0.6 is 7.82 Å². The molecule has 0 spiro atoms. The number of ether oxygens (including phenoxy) is 3. The molecule has 2 unspecified atom stereocenters. The first-order chi connectivity index (χ1) is 26.7. The molecule has 0 aliphatic carbocycles. The fourth-order valence-electron chi connectivity index (χ4n) is 5.08. The number of carbonyl (C=O) groups excluding carboxylic acids is 2.